The maximum atomic E-state index is 13.5. The monoisotopic (exact) mass is 210 g/mol. The lowest BCUT2D eigenvalue weighted by atomic mass is 9.98. The number of Topliss-reactive ketones (excluding diaryl/α,β-unsaturated/α-hetero) is 1. The minimum Gasteiger partial charge on any atom is -0.294 e. The predicted octanol–water partition coefficient (Wildman–Crippen LogP) is 2.95. The number of aryl methyl sites for hydroxylation is 1. The Bertz CT molecular complexity index is 387. The number of hydrogen-bond acceptors (Lipinski definition) is 2. The number of benzene rings is 1. The summed E-state index contributed by atoms with van der Waals surface area (Å²) in [5.41, 5.74) is 2.23. The Hall–Kier alpha value is -0.830. The number of carbonyl (C=O) groups excluding carboxylic acids is 1. The molecule has 0 bridgehead atoms. The van der Waals surface area contributed by atoms with Crippen molar-refractivity contribution in [1.29, 1.82) is 0 Å². The fourth-order valence-corrected chi connectivity index (χ4v) is 2.73. The van der Waals surface area contributed by atoms with Crippen molar-refractivity contribution in [3.8, 4) is 0 Å². The van der Waals surface area contributed by atoms with E-state index in [1.807, 2.05) is 6.92 Å². The highest BCUT2D eigenvalue weighted by molar-refractivity contribution is 7.98. The highest BCUT2D eigenvalue weighted by Gasteiger charge is 2.20. The molecule has 1 aromatic rings. The first-order valence-electron chi connectivity index (χ1n) is 4.59. The second-order valence-electron chi connectivity index (χ2n) is 3.44. The molecule has 0 fully saturated rings. The molecule has 0 saturated carbocycles. The van der Waals surface area contributed by atoms with Gasteiger partial charge in [0.1, 0.15) is 5.82 Å². The van der Waals surface area contributed by atoms with E-state index >= 15 is 0 Å². The SMILES string of the molecule is Cc1ccc(F)c2c1CSCCC2=O. The van der Waals surface area contributed by atoms with Gasteiger partial charge in [-0.05, 0) is 24.1 Å². The van der Waals surface area contributed by atoms with Crippen LogP contribution in [0, 0.1) is 12.7 Å². The Morgan fingerprint density at radius 2 is 2.21 bits per heavy atom. The summed E-state index contributed by atoms with van der Waals surface area (Å²) in [6, 6.07) is 3.13. The molecule has 1 aliphatic heterocycles. The number of carbonyl (C=O) groups is 1. The molecule has 2 rings (SSSR count). The Kier molecular flexibility index (Phi) is 2.59. The zero-order valence-corrected chi connectivity index (χ0v) is 8.79. The van der Waals surface area contributed by atoms with Gasteiger partial charge in [-0.3, -0.25) is 4.79 Å². The van der Waals surface area contributed by atoms with Crippen LogP contribution in [0.1, 0.15) is 27.9 Å². The highest BCUT2D eigenvalue weighted by atomic mass is 32.2. The van der Waals surface area contributed by atoms with E-state index < -0.39 is 0 Å². The third-order valence-electron chi connectivity index (χ3n) is 2.49. The minimum atomic E-state index is -0.363. The molecule has 74 valence electrons. The Balaban J connectivity index is 2.62. The molecule has 0 aliphatic carbocycles. The van der Waals surface area contributed by atoms with Gasteiger partial charge in [-0.25, -0.2) is 4.39 Å². The van der Waals surface area contributed by atoms with Crippen molar-refractivity contribution in [3.05, 3.63) is 34.6 Å². The second kappa shape index (κ2) is 3.73. The molecule has 1 nitrogen and oxygen atoms in total. The fraction of sp³-hybridized carbons (Fsp3) is 0.364. The van der Waals surface area contributed by atoms with E-state index in [1.54, 1.807) is 17.8 Å². The number of halogens is 1. The van der Waals surface area contributed by atoms with Gasteiger partial charge in [0.2, 0.25) is 0 Å². The molecule has 0 N–H and O–H groups in total. The fourth-order valence-electron chi connectivity index (χ4n) is 1.67. The van der Waals surface area contributed by atoms with E-state index in [0.717, 1.165) is 22.6 Å². The van der Waals surface area contributed by atoms with Crippen LogP contribution in [0.4, 0.5) is 4.39 Å². The normalized spacial score (nSPS) is 16.3. The number of ketones is 1. The maximum Gasteiger partial charge on any atom is 0.166 e. The average Bonchev–Trinajstić information content (AvgIpc) is 2.35. The maximum absolute atomic E-state index is 13.5. The van der Waals surface area contributed by atoms with Crippen molar-refractivity contribution in [2.45, 2.75) is 19.1 Å². The highest BCUT2D eigenvalue weighted by Crippen LogP contribution is 2.28. The molecule has 0 radical (unpaired) electrons. The number of thioether (sulfide) groups is 1. The molecule has 0 aromatic heterocycles. The van der Waals surface area contributed by atoms with E-state index in [1.165, 1.54) is 6.07 Å². The third-order valence-corrected chi connectivity index (χ3v) is 3.48. The van der Waals surface area contributed by atoms with Crippen molar-refractivity contribution in [2.24, 2.45) is 0 Å². The molecule has 0 atom stereocenters. The quantitative estimate of drug-likeness (QED) is 0.655. The van der Waals surface area contributed by atoms with Gasteiger partial charge in [-0.2, -0.15) is 11.8 Å². The van der Waals surface area contributed by atoms with Crippen LogP contribution in [0.25, 0.3) is 0 Å². The van der Waals surface area contributed by atoms with Crippen LogP contribution >= 0.6 is 11.8 Å². The summed E-state index contributed by atoms with van der Waals surface area (Å²) in [6.45, 7) is 1.93. The van der Waals surface area contributed by atoms with Gasteiger partial charge in [0, 0.05) is 17.9 Å². The summed E-state index contributed by atoms with van der Waals surface area (Å²) in [7, 11) is 0. The molecule has 1 aromatic carbocycles. The lowest BCUT2D eigenvalue weighted by molar-refractivity contribution is 0.0985. The van der Waals surface area contributed by atoms with Gasteiger partial charge >= 0.3 is 0 Å². The van der Waals surface area contributed by atoms with Crippen LogP contribution in [0.3, 0.4) is 0 Å². The van der Waals surface area contributed by atoms with Crippen molar-refractivity contribution >= 4 is 17.5 Å². The summed E-state index contributed by atoms with van der Waals surface area (Å²) in [5, 5.41) is 0. The third kappa shape index (κ3) is 1.57. The van der Waals surface area contributed by atoms with Gasteiger partial charge in [0.25, 0.3) is 0 Å². The van der Waals surface area contributed by atoms with Crippen LogP contribution < -0.4 is 0 Å². The first-order valence-corrected chi connectivity index (χ1v) is 5.74. The summed E-state index contributed by atoms with van der Waals surface area (Å²) in [6.07, 6.45) is 0.456. The molecule has 14 heavy (non-hydrogen) atoms. The van der Waals surface area contributed by atoms with E-state index in [2.05, 4.69) is 0 Å². The average molecular weight is 210 g/mol. The standard InChI is InChI=1S/C11H11FOS/c1-7-2-3-9(12)11-8(7)6-14-5-4-10(11)13/h2-3H,4-6H2,1H3. The second-order valence-corrected chi connectivity index (χ2v) is 4.55. The molecule has 0 amide bonds. The van der Waals surface area contributed by atoms with Gasteiger partial charge in [0.05, 0.1) is 5.56 Å². The van der Waals surface area contributed by atoms with Crippen LogP contribution in [-0.2, 0) is 5.75 Å². The Morgan fingerprint density at radius 1 is 1.43 bits per heavy atom. The molecule has 1 heterocycles. The largest absolute Gasteiger partial charge is 0.294 e. The van der Waals surface area contributed by atoms with E-state index in [-0.39, 0.29) is 11.6 Å². The number of fused-ring (bicyclic) bond motifs is 1. The molecule has 0 spiro atoms. The summed E-state index contributed by atoms with van der Waals surface area (Å²) in [5.74, 6) is 1.14. The zero-order valence-electron chi connectivity index (χ0n) is 7.97. The van der Waals surface area contributed by atoms with Crippen molar-refractivity contribution in [2.75, 3.05) is 5.75 Å². The van der Waals surface area contributed by atoms with E-state index in [0.29, 0.717) is 12.0 Å². The van der Waals surface area contributed by atoms with Crippen LogP contribution in [-0.4, -0.2) is 11.5 Å². The van der Waals surface area contributed by atoms with Gasteiger partial charge < -0.3 is 0 Å². The number of hydrogen-bond donors (Lipinski definition) is 0. The summed E-state index contributed by atoms with van der Waals surface area (Å²) < 4.78 is 13.5. The van der Waals surface area contributed by atoms with Crippen LogP contribution in [0.5, 0.6) is 0 Å². The lowest BCUT2D eigenvalue weighted by Gasteiger charge is -2.08. The number of rotatable bonds is 0. The Labute approximate surface area is 86.7 Å². The van der Waals surface area contributed by atoms with E-state index in [9.17, 15) is 9.18 Å². The molecular formula is C11H11FOS. The van der Waals surface area contributed by atoms with E-state index in [4.69, 9.17) is 0 Å². The molecule has 0 saturated heterocycles. The van der Waals surface area contributed by atoms with Gasteiger partial charge in [0.15, 0.2) is 5.78 Å². The van der Waals surface area contributed by atoms with Crippen LogP contribution in [0.15, 0.2) is 12.1 Å². The molecule has 1 aliphatic rings. The first-order chi connectivity index (χ1) is 6.70. The van der Waals surface area contributed by atoms with Crippen molar-refractivity contribution in [3.63, 3.8) is 0 Å². The predicted molar refractivity (Wildman–Crippen MR) is 56.2 cm³/mol. The molecule has 0 unspecified atom stereocenters. The molecule has 3 heteroatoms. The smallest absolute Gasteiger partial charge is 0.166 e. The van der Waals surface area contributed by atoms with Gasteiger partial charge in [-0.1, -0.05) is 6.07 Å². The molecular weight excluding hydrogens is 199 g/mol. The zero-order chi connectivity index (χ0) is 10.1. The first kappa shape index (κ1) is 9.71. The van der Waals surface area contributed by atoms with Crippen molar-refractivity contribution < 1.29 is 9.18 Å². The van der Waals surface area contributed by atoms with Crippen molar-refractivity contribution in [1.82, 2.24) is 0 Å². The Morgan fingerprint density at radius 3 is 3.00 bits per heavy atom. The lowest BCUT2D eigenvalue weighted by Crippen LogP contribution is -2.06. The summed E-state index contributed by atoms with van der Waals surface area (Å²) >= 11 is 1.70. The van der Waals surface area contributed by atoms with Crippen LogP contribution in [0.2, 0.25) is 0 Å². The summed E-state index contributed by atoms with van der Waals surface area (Å²) in [4.78, 5) is 11.6. The minimum absolute atomic E-state index is 0.0498. The topological polar surface area (TPSA) is 17.1 Å². The van der Waals surface area contributed by atoms with Gasteiger partial charge in [-0.15, -0.1) is 0 Å².